The van der Waals surface area contributed by atoms with E-state index in [1.54, 1.807) is 24.3 Å². The Balaban J connectivity index is 1.75. The zero-order valence-corrected chi connectivity index (χ0v) is 16.6. The van der Waals surface area contributed by atoms with Crippen LogP contribution in [0.4, 0.5) is 5.69 Å². The van der Waals surface area contributed by atoms with Crippen LogP contribution in [0, 0.1) is 13.8 Å². The Morgan fingerprint density at radius 3 is 2.50 bits per heavy atom. The van der Waals surface area contributed by atoms with E-state index in [1.165, 1.54) is 5.56 Å². The highest BCUT2D eigenvalue weighted by Crippen LogP contribution is 2.26. The lowest BCUT2D eigenvalue weighted by molar-refractivity contribution is 0.0697. The van der Waals surface area contributed by atoms with Gasteiger partial charge in [-0.15, -0.1) is 0 Å². The van der Waals surface area contributed by atoms with Gasteiger partial charge in [0.1, 0.15) is 12.4 Å². The van der Waals surface area contributed by atoms with Crippen molar-refractivity contribution < 1.29 is 14.6 Å². The summed E-state index contributed by atoms with van der Waals surface area (Å²) < 4.78 is 6.01. The molecule has 0 aliphatic carbocycles. The molecule has 0 aliphatic rings. The fourth-order valence-electron chi connectivity index (χ4n) is 2.81. The highest BCUT2D eigenvalue weighted by Gasteiger charge is 2.09. The molecule has 0 aromatic heterocycles. The van der Waals surface area contributed by atoms with E-state index in [0.717, 1.165) is 28.1 Å². The highest BCUT2D eigenvalue weighted by atomic mass is 35.5. The fourth-order valence-corrected chi connectivity index (χ4v) is 3.00. The number of halogens is 1. The lowest BCUT2D eigenvalue weighted by Crippen LogP contribution is -2.06. The second-order valence-corrected chi connectivity index (χ2v) is 7.15. The minimum Gasteiger partial charge on any atom is -0.489 e. The number of hydrogen-bond acceptors (Lipinski definition) is 3. The molecule has 0 bridgehead atoms. The number of carbonyl (C=O) groups is 1. The van der Waals surface area contributed by atoms with Crippen LogP contribution in [-0.2, 0) is 13.2 Å². The monoisotopic (exact) mass is 395 g/mol. The van der Waals surface area contributed by atoms with Crippen molar-refractivity contribution in [3.8, 4) is 5.75 Å². The van der Waals surface area contributed by atoms with Gasteiger partial charge in [-0.05, 0) is 55.3 Å². The van der Waals surface area contributed by atoms with Gasteiger partial charge in [0.15, 0.2) is 0 Å². The average molecular weight is 396 g/mol. The summed E-state index contributed by atoms with van der Waals surface area (Å²) in [5.41, 5.74) is 5.18. The summed E-state index contributed by atoms with van der Waals surface area (Å²) >= 11 is 6.17. The van der Waals surface area contributed by atoms with Gasteiger partial charge >= 0.3 is 5.97 Å². The molecule has 0 saturated carbocycles. The summed E-state index contributed by atoms with van der Waals surface area (Å²) in [6, 6.07) is 18.7. The number of hydrogen-bond donors (Lipinski definition) is 2. The molecular formula is C23H22ClNO3. The predicted octanol–water partition coefficient (Wildman–Crippen LogP) is 5.85. The number of aryl methyl sites for hydroxylation is 2. The minimum absolute atomic E-state index is 0.245. The first kappa shape index (κ1) is 19.8. The number of benzene rings is 3. The molecule has 5 heteroatoms. The van der Waals surface area contributed by atoms with Gasteiger partial charge in [-0.25, -0.2) is 4.79 Å². The molecule has 0 radical (unpaired) electrons. The summed E-state index contributed by atoms with van der Waals surface area (Å²) in [7, 11) is 0. The SMILES string of the molecule is Cc1ccc(COc2ccc(Cl)cc2CNc2cc(C(=O)O)ccc2C)cc1. The van der Waals surface area contributed by atoms with Gasteiger partial charge in [0.05, 0.1) is 5.56 Å². The number of ether oxygens (including phenoxy) is 1. The molecule has 0 heterocycles. The fraction of sp³-hybridized carbons (Fsp3) is 0.174. The van der Waals surface area contributed by atoms with Gasteiger partial charge in [-0.2, -0.15) is 0 Å². The van der Waals surface area contributed by atoms with Crippen LogP contribution in [-0.4, -0.2) is 11.1 Å². The largest absolute Gasteiger partial charge is 0.489 e. The van der Waals surface area contributed by atoms with Crippen molar-refractivity contribution in [2.45, 2.75) is 27.0 Å². The van der Waals surface area contributed by atoms with Crippen molar-refractivity contribution in [2.75, 3.05) is 5.32 Å². The van der Waals surface area contributed by atoms with Crippen LogP contribution >= 0.6 is 11.6 Å². The van der Waals surface area contributed by atoms with Crippen LogP contribution in [0.3, 0.4) is 0 Å². The smallest absolute Gasteiger partial charge is 0.335 e. The number of carboxylic acid groups (broad SMARTS) is 1. The lowest BCUT2D eigenvalue weighted by Gasteiger charge is -2.15. The highest BCUT2D eigenvalue weighted by molar-refractivity contribution is 6.30. The Bertz CT molecular complexity index is 984. The molecule has 0 saturated heterocycles. The van der Waals surface area contributed by atoms with Crippen LogP contribution in [0.5, 0.6) is 5.75 Å². The lowest BCUT2D eigenvalue weighted by atomic mass is 10.1. The normalized spacial score (nSPS) is 10.5. The van der Waals surface area contributed by atoms with E-state index in [9.17, 15) is 9.90 Å². The van der Waals surface area contributed by atoms with Crippen molar-refractivity contribution in [1.82, 2.24) is 0 Å². The Kier molecular flexibility index (Phi) is 6.22. The van der Waals surface area contributed by atoms with E-state index in [-0.39, 0.29) is 5.56 Å². The number of nitrogens with one attached hydrogen (secondary N) is 1. The number of carboxylic acids is 1. The van der Waals surface area contributed by atoms with Gasteiger partial charge in [0, 0.05) is 22.8 Å². The summed E-state index contributed by atoms with van der Waals surface area (Å²) in [6.07, 6.45) is 0. The van der Waals surface area contributed by atoms with Crippen LogP contribution in [0.15, 0.2) is 60.7 Å². The van der Waals surface area contributed by atoms with Gasteiger partial charge in [0.25, 0.3) is 0 Å². The van der Waals surface area contributed by atoms with E-state index in [1.807, 2.05) is 31.2 Å². The number of rotatable bonds is 7. The Labute approximate surface area is 169 Å². The number of anilines is 1. The van der Waals surface area contributed by atoms with E-state index < -0.39 is 5.97 Å². The molecule has 3 aromatic carbocycles. The van der Waals surface area contributed by atoms with Gasteiger partial charge < -0.3 is 15.2 Å². The molecule has 0 spiro atoms. The molecule has 0 atom stereocenters. The third-order valence-electron chi connectivity index (χ3n) is 4.49. The van der Waals surface area contributed by atoms with Crippen LogP contribution in [0.2, 0.25) is 5.02 Å². The zero-order valence-electron chi connectivity index (χ0n) is 15.8. The molecule has 3 aromatic rings. The molecule has 0 fully saturated rings. The summed E-state index contributed by atoms with van der Waals surface area (Å²) in [6.45, 7) is 4.91. The van der Waals surface area contributed by atoms with Crippen molar-refractivity contribution in [1.29, 1.82) is 0 Å². The minimum atomic E-state index is -0.951. The standard InChI is InChI=1S/C23H22ClNO3/c1-15-3-6-17(7-4-15)14-28-22-10-9-20(24)11-19(22)13-25-21-12-18(23(26)27)8-5-16(21)2/h3-12,25H,13-14H2,1-2H3,(H,26,27). The predicted molar refractivity (Wildman–Crippen MR) is 112 cm³/mol. The quantitative estimate of drug-likeness (QED) is 0.527. The maximum atomic E-state index is 11.2. The van der Waals surface area contributed by atoms with Crippen molar-refractivity contribution >= 4 is 23.3 Å². The molecule has 3 rings (SSSR count). The van der Waals surface area contributed by atoms with E-state index >= 15 is 0 Å². The number of aromatic carboxylic acids is 1. The maximum absolute atomic E-state index is 11.2. The van der Waals surface area contributed by atoms with E-state index in [0.29, 0.717) is 18.2 Å². The first-order valence-corrected chi connectivity index (χ1v) is 9.35. The van der Waals surface area contributed by atoms with Crippen molar-refractivity contribution in [2.24, 2.45) is 0 Å². The van der Waals surface area contributed by atoms with Crippen LogP contribution in [0.1, 0.15) is 32.6 Å². The van der Waals surface area contributed by atoms with Crippen molar-refractivity contribution in [3.05, 3.63) is 93.5 Å². The Morgan fingerprint density at radius 2 is 1.79 bits per heavy atom. The topological polar surface area (TPSA) is 58.6 Å². The van der Waals surface area contributed by atoms with Crippen LogP contribution in [0.25, 0.3) is 0 Å². The third-order valence-corrected chi connectivity index (χ3v) is 4.73. The van der Waals surface area contributed by atoms with Crippen LogP contribution < -0.4 is 10.1 Å². The van der Waals surface area contributed by atoms with Gasteiger partial charge in [0.2, 0.25) is 0 Å². The molecule has 0 amide bonds. The zero-order chi connectivity index (χ0) is 20.1. The third kappa shape index (κ3) is 5.05. The second-order valence-electron chi connectivity index (χ2n) is 6.71. The molecule has 4 nitrogen and oxygen atoms in total. The first-order chi connectivity index (χ1) is 13.4. The molecule has 2 N–H and O–H groups in total. The van der Waals surface area contributed by atoms with Crippen molar-refractivity contribution in [3.63, 3.8) is 0 Å². The summed E-state index contributed by atoms with van der Waals surface area (Å²) in [5.74, 6) is -0.211. The average Bonchev–Trinajstić information content (AvgIpc) is 2.67. The first-order valence-electron chi connectivity index (χ1n) is 8.97. The summed E-state index contributed by atoms with van der Waals surface area (Å²) in [5, 5.41) is 13.1. The van der Waals surface area contributed by atoms with Gasteiger partial charge in [-0.1, -0.05) is 47.5 Å². The Morgan fingerprint density at radius 1 is 1.04 bits per heavy atom. The molecule has 144 valence electrons. The van der Waals surface area contributed by atoms with E-state index in [2.05, 4.69) is 24.4 Å². The van der Waals surface area contributed by atoms with E-state index in [4.69, 9.17) is 16.3 Å². The molecular weight excluding hydrogens is 374 g/mol. The second kappa shape index (κ2) is 8.81. The molecule has 0 unspecified atom stereocenters. The van der Waals surface area contributed by atoms with Gasteiger partial charge in [-0.3, -0.25) is 0 Å². The molecule has 0 aliphatic heterocycles. The Hall–Kier alpha value is -2.98. The molecule has 28 heavy (non-hydrogen) atoms. The summed E-state index contributed by atoms with van der Waals surface area (Å²) in [4.78, 5) is 11.2. The maximum Gasteiger partial charge on any atom is 0.335 e.